The van der Waals surface area contributed by atoms with Gasteiger partial charge in [-0.15, -0.1) is 0 Å². The second-order valence-electron chi connectivity index (χ2n) is 11.4. The van der Waals surface area contributed by atoms with Crippen LogP contribution in [0.25, 0.3) is 62.0 Å². The van der Waals surface area contributed by atoms with Crippen molar-refractivity contribution >= 4 is 50.9 Å². The standard InChI is InChI=1S/C40H32/c1-2-12-31-26-32(25-20-27(31)10-1)40-37-17-7-5-15-35(37)39(36-16-6-8-18-38(36)40)30-23-21-29(22-24-30)34-19-9-13-28-11-3-4-14-33(28)34/h1-5,7,10-18,20-21,23,25-26H,6,8-9,19,22,24H2. The number of hydrogen-bond acceptors (Lipinski definition) is 0. The van der Waals surface area contributed by atoms with Crippen molar-refractivity contribution in [3.63, 3.8) is 0 Å². The highest BCUT2D eigenvalue weighted by Crippen LogP contribution is 2.36. The first-order valence-corrected chi connectivity index (χ1v) is 14.8. The highest BCUT2D eigenvalue weighted by atomic mass is 14.2. The summed E-state index contributed by atoms with van der Waals surface area (Å²) in [5.41, 5.74) is 8.69. The Kier molecular flexibility index (Phi) is 5.66. The minimum Gasteiger partial charge on any atom is -0.0763 e. The average molecular weight is 513 g/mol. The van der Waals surface area contributed by atoms with E-state index < -0.39 is 0 Å². The van der Waals surface area contributed by atoms with Gasteiger partial charge in [-0.25, -0.2) is 0 Å². The molecule has 0 saturated carbocycles. The van der Waals surface area contributed by atoms with Gasteiger partial charge in [-0.3, -0.25) is 0 Å². The smallest absolute Gasteiger partial charge is 0.00295 e. The van der Waals surface area contributed by atoms with Gasteiger partial charge in [-0.1, -0.05) is 115 Å². The van der Waals surface area contributed by atoms with E-state index in [1.165, 1.54) is 70.3 Å². The molecule has 0 unspecified atom stereocenters. The summed E-state index contributed by atoms with van der Waals surface area (Å²) in [6, 6.07) is 33.7. The topological polar surface area (TPSA) is 0 Å². The summed E-state index contributed by atoms with van der Waals surface area (Å²) >= 11 is 0. The van der Waals surface area contributed by atoms with Crippen LogP contribution in [-0.4, -0.2) is 0 Å². The molecule has 192 valence electrons. The maximum atomic E-state index is 2.50. The SMILES string of the molecule is C1=C(C2=c3ccccc3=CCC2)CCC(c2c3c(c(-c4ccc5ccccc5c4)c4ccccc24)=CCCC=3)=C1. The van der Waals surface area contributed by atoms with Crippen LogP contribution in [0.15, 0.2) is 109 Å². The monoisotopic (exact) mass is 512 g/mol. The van der Waals surface area contributed by atoms with Crippen molar-refractivity contribution in [2.45, 2.75) is 38.5 Å². The van der Waals surface area contributed by atoms with Crippen molar-refractivity contribution in [2.75, 3.05) is 0 Å². The normalized spacial score (nSPS) is 16.2. The fourth-order valence-corrected chi connectivity index (χ4v) is 7.25. The quantitative estimate of drug-likeness (QED) is 0.234. The number of hydrogen-bond donors (Lipinski definition) is 0. The molecule has 5 aromatic carbocycles. The minimum absolute atomic E-state index is 1.08. The lowest BCUT2D eigenvalue weighted by Gasteiger charge is -2.23. The summed E-state index contributed by atoms with van der Waals surface area (Å²) < 4.78 is 0. The largest absolute Gasteiger partial charge is 0.0763 e. The summed E-state index contributed by atoms with van der Waals surface area (Å²) in [6.07, 6.45) is 18.9. The third-order valence-electron chi connectivity index (χ3n) is 9.10. The number of allylic oxidation sites excluding steroid dienone is 4. The van der Waals surface area contributed by atoms with Gasteiger partial charge in [0.15, 0.2) is 0 Å². The molecular weight excluding hydrogens is 480 g/mol. The Labute approximate surface area is 235 Å². The van der Waals surface area contributed by atoms with Crippen LogP contribution in [0, 0.1) is 0 Å². The second kappa shape index (κ2) is 9.65. The zero-order valence-electron chi connectivity index (χ0n) is 22.8. The second-order valence-corrected chi connectivity index (χ2v) is 11.4. The lowest BCUT2D eigenvalue weighted by Crippen LogP contribution is -2.33. The Morgan fingerprint density at radius 3 is 1.98 bits per heavy atom. The molecule has 0 nitrogen and oxygen atoms in total. The van der Waals surface area contributed by atoms with Crippen molar-refractivity contribution in [2.24, 2.45) is 0 Å². The van der Waals surface area contributed by atoms with E-state index in [1.807, 2.05) is 0 Å². The van der Waals surface area contributed by atoms with Crippen LogP contribution in [0.3, 0.4) is 0 Å². The highest BCUT2D eigenvalue weighted by molar-refractivity contribution is 6.05. The van der Waals surface area contributed by atoms with Gasteiger partial charge in [0.2, 0.25) is 0 Å². The molecule has 0 radical (unpaired) electrons. The third-order valence-corrected chi connectivity index (χ3v) is 9.10. The molecule has 0 atom stereocenters. The molecule has 3 aliphatic carbocycles. The number of fused-ring (bicyclic) bond motifs is 4. The predicted octanol–water partition coefficient (Wildman–Crippen LogP) is 7.54. The predicted molar refractivity (Wildman–Crippen MR) is 172 cm³/mol. The fraction of sp³-hybridized carbons (Fsp3) is 0.150. The van der Waals surface area contributed by atoms with E-state index in [1.54, 1.807) is 5.57 Å². The molecule has 0 amide bonds. The summed E-state index contributed by atoms with van der Waals surface area (Å²) in [4.78, 5) is 0. The van der Waals surface area contributed by atoms with Crippen LogP contribution in [0.5, 0.6) is 0 Å². The molecule has 0 fully saturated rings. The van der Waals surface area contributed by atoms with Crippen molar-refractivity contribution < 1.29 is 0 Å². The summed E-state index contributed by atoms with van der Waals surface area (Å²) in [5, 5.41) is 11.0. The van der Waals surface area contributed by atoms with Crippen molar-refractivity contribution in [1.29, 1.82) is 0 Å². The number of benzene rings is 5. The maximum absolute atomic E-state index is 2.50. The Hall–Kier alpha value is -4.42. The van der Waals surface area contributed by atoms with Gasteiger partial charge in [-0.05, 0) is 120 Å². The van der Waals surface area contributed by atoms with Crippen LogP contribution in [0.4, 0.5) is 0 Å². The lowest BCUT2D eigenvalue weighted by molar-refractivity contribution is 0.969. The van der Waals surface area contributed by atoms with E-state index in [9.17, 15) is 0 Å². The van der Waals surface area contributed by atoms with E-state index in [0.717, 1.165) is 38.5 Å². The van der Waals surface area contributed by atoms with Gasteiger partial charge in [-0.2, -0.15) is 0 Å². The first-order valence-electron chi connectivity index (χ1n) is 14.8. The van der Waals surface area contributed by atoms with E-state index in [4.69, 9.17) is 0 Å². The minimum atomic E-state index is 1.08. The zero-order chi connectivity index (χ0) is 26.5. The van der Waals surface area contributed by atoms with Gasteiger partial charge in [0.25, 0.3) is 0 Å². The molecule has 5 aromatic rings. The highest BCUT2D eigenvalue weighted by Gasteiger charge is 2.20. The summed E-state index contributed by atoms with van der Waals surface area (Å²) in [6.45, 7) is 0. The van der Waals surface area contributed by atoms with Crippen molar-refractivity contribution in [3.8, 4) is 11.1 Å². The van der Waals surface area contributed by atoms with Gasteiger partial charge < -0.3 is 0 Å². The number of rotatable bonds is 3. The van der Waals surface area contributed by atoms with Gasteiger partial charge >= 0.3 is 0 Å². The molecule has 0 bridgehead atoms. The molecule has 0 aliphatic heterocycles. The summed E-state index contributed by atoms with van der Waals surface area (Å²) in [5.74, 6) is 0. The van der Waals surface area contributed by atoms with E-state index in [-0.39, 0.29) is 0 Å². The Morgan fingerprint density at radius 1 is 0.475 bits per heavy atom. The van der Waals surface area contributed by atoms with Crippen LogP contribution < -0.4 is 20.9 Å². The molecule has 40 heavy (non-hydrogen) atoms. The molecule has 0 N–H and O–H groups in total. The third kappa shape index (κ3) is 3.82. The molecule has 3 aliphatic rings. The van der Waals surface area contributed by atoms with E-state index >= 15 is 0 Å². The molecule has 8 rings (SSSR count). The lowest BCUT2D eigenvalue weighted by atomic mass is 9.81. The zero-order valence-corrected chi connectivity index (χ0v) is 22.8. The van der Waals surface area contributed by atoms with Crippen LogP contribution in [-0.2, 0) is 0 Å². The first-order chi connectivity index (χ1) is 19.8. The average Bonchev–Trinajstić information content (AvgIpc) is 3.03. The van der Waals surface area contributed by atoms with E-state index in [2.05, 4.69) is 121 Å². The Morgan fingerprint density at radius 2 is 1.15 bits per heavy atom. The molecule has 0 aromatic heterocycles. The fourth-order valence-electron chi connectivity index (χ4n) is 7.25. The molecule has 0 heteroatoms. The maximum Gasteiger partial charge on any atom is -0.00295 e. The Bertz CT molecular complexity index is 2150. The van der Waals surface area contributed by atoms with Crippen molar-refractivity contribution in [1.82, 2.24) is 0 Å². The van der Waals surface area contributed by atoms with Crippen LogP contribution >= 0.6 is 0 Å². The summed E-state index contributed by atoms with van der Waals surface area (Å²) in [7, 11) is 0. The first kappa shape index (κ1) is 23.5. The molecule has 0 heterocycles. The van der Waals surface area contributed by atoms with Crippen LogP contribution in [0.1, 0.15) is 44.1 Å². The van der Waals surface area contributed by atoms with E-state index in [0.29, 0.717) is 0 Å². The Balaban J connectivity index is 1.35. The molecule has 0 saturated heterocycles. The van der Waals surface area contributed by atoms with Gasteiger partial charge in [0.05, 0.1) is 0 Å². The van der Waals surface area contributed by atoms with Gasteiger partial charge in [0.1, 0.15) is 0 Å². The van der Waals surface area contributed by atoms with Crippen molar-refractivity contribution in [3.05, 3.63) is 135 Å². The van der Waals surface area contributed by atoms with Gasteiger partial charge in [0, 0.05) is 0 Å². The van der Waals surface area contributed by atoms with Crippen LogP contribution in [0.2, 0.25) is 0 Å². The molecule has 0 spiro atoms. The molecular formula is C40H32.